The molecule has 0 aromatic carbocycles. The van der Waals surface area contributed by atoms with E-state index in [1.807, 2.05) is 0 Å². The van der Waals surface area contributed by atoms with E-state index >= 15 is 0 Å². The molecular weight excluding hydrogens is 184 g/mol. The smallest absolute Gasteiger partial charge is 0.0258 e. The van der Waals surface area contributed by atoms with Gasteiger partial charge in [0, 0.05) is 19.1 Å². The maximum Gasteiger partial charge on any atom is 0.0258 e. The van der Waals surface area contributed by atoms with Crippen LogP contribution in [0.15, 0.2) is 0 Å². The van der Waals surface area contributed by atoms with Gasteiger partial charge >= 0.3 is 0 Å². The predicted octanol–water partition coefficient (Wildman–Crippen LogP) is 1.96. The van der Waals surface area contributed by atoms with Gasteiger partial charge in [-0.15, -0.1) is 0 Å². The van der Waals surface area contributed by atoms with Crippen molar-refractivity contribution in [1.82, 2.24) is 10.2 Å². The maximum absolute atomic E-state index is 3.51. The van der Waals surface area contributed by atoms with Crippen molar-refractivity contribution in [2.24, 2.45) is 17.3 Å². The fourth-order valence-electron chi connectivity index (χ4n) is 3.08. The van der Waals surface area contributed by atoms with Crippen molar-refractivity contribution in [2.45, 2.75) is 40.2 Å². The minimum Gasteiger partial charge on any atom is -0.315 e. The van der Waals surface area contributed by atoms with Crippen LogP contribution in [0.1, 0.15) is 34.1 Å². The van der Waals surface area contributed by atoms with Crippen LogP contribution in [-0.2, 0) is 0 Å². The average molecular weight is 210 g/mol. The third kappa shape index (κ3) is 2.36. The summed E-state index contributed by atoms with van der Waals surface area (Å²) < 4.78 is 0. The molecule has 0 aliphatic carbocycles. The molecule has 2 nitrogen and oxygen atoms in total. The summed E-state index contributed by atoms with van der Waals surface area (Å²) in [6, 6.07) is 0.803. The monoisotopic (exact) mass is 210 g/mol. The third-order valence-corrected chi connectivity index (χ3v) is 4.39. The van der Waals surface area contributed by atoms with Gasteiger partial charge in [-0.1, -0.05) is 27.7 Å². The molecular formula is C13H26N2. The van der Waals surface area contributed by atoms with E-state index in [9.17, 15) is 0 Å². The molecule has 88 valence electrons. The van der Waals surface area contributed by atoms with Crippen molar-refractivity contribution in [3.05, 3.63) is 0 Å². The van der Waals surface area contributed by atoms with Gasteiger partial charge in [0.2, 0.25) is 0 Å². The summed E-state index contributed by atoms with van der Waals surface area (Å²) in [5, 5.41) is 3.51. The first-order valence-electron chi connectivity index (χ1n) is 6.43. The Morgan fingerprint density at radius 2 is 1.93 bits per heavy atom. The highest BCUT2D eigenvalue weighted by molar-refractivity contribution is 4.92. The molecule has 2 aliphatic rings. The Morgan fingerprint density at radius 1 is 1.20 bits per heavy atom. The summed E-state index contributed by atoms with van der Waals surface area (Å²) in [7, 11) is 0. The second-order valence-electron chi connectivity index (χ2n) is 6.55. The van der Waals surface area contributed by atoms with E-state index in [1.54, 1.807) is 0 Å². The van der Waals surface area contributed by atoms with Crippen LogP contribution in [0.3, 0.4) is 0 Å². The van der Waals surface area contributed by atoms with E-state index in [1.165, 1.54) is 32.6 Å². The van der Waals surface area contributed by atoms with Gasteiger partial charge in [0.1, 0.15) is 0 Å². The summed E-state index contributed by atoms with van der Waals surface area (Å²) in [4.78, 5) is 2.72. The van der Waals surface area contributed by atoms with E-state index in [0.717, 1.165) is 17.9 Å². The number of hydrogen-bond acceptors (Lipinski definition) is 2. The summed E-state index contributed by atoms with van der Waals surface area (Å²) in [6.07, 6.45) is 1.40. The summed E-state index contributed by atoms with van der Waals surface area (Å²) >= 11 is 0. The van der Waals surface area contributed by atoms with Gasteiger partial charge in [-0.3, -0.25) is 4.90 Å². The second kappa shape index (κ2) is 4.06. The molecule has 2 rings (SSSR count). The largest absolute Gasteiger partial charge is 0.315 e. The zero-order chi connectivity index (χ0) is 11.1. The molecule has 2 saturated heterocycles. The Morgan fingerprint density at radius 3 is 2.40 bits per heavy atom. The molecule has 0 spiro atoms. The molecule has 0 bridgehead atoms. The van der Waals surface area contributed by atoms with Crippen LogP contribution in [0.4, 0.5) is 0 Å². The molecule has 1 N–H and O–H groups in total. The van der Waals surface area contributed by atoms with E-state index in [2.05, 4.69) is 37.9 Å². The van der Waals surface area contributed by atoms with Crippen molar-refractivity contribution in [2.75, 3.05) is 26.2 Å². The van der Waals surface area contributed by atoms with Gasteiger partial charge in [-0.05, 0) is 36.8 Å². The van der Waals surface area contributed by atoms with Crippen LogP contribution in [0.5, 0.6) is 0 Å². The van der Waals surface area contributed by atoms with Crippen molar-refractivity contribution >= 4 is 0 Å². The lowest BCUT2D eigenvalue weighted by Crippen LogP contribution is -2.39. The second-order valence-corrected chi connectivity index (χ2v) is 6.55. The lowest BCUT2D eigenvalue weighted by Gasteiger charge is -2.30. The minimum absolute atomic E-state index is 0.490. The minimum atomic E-state index is 0.490. The Kier molecular flexibility index (Phi) is 3.09. The Balaban J connectivity index is 1.92. The van der Waals surface area contributed by atoms with Crippen molar-refractivity contribution < 1.29 is 0 Å². The molecule has 15 heavy (non-hydrogen) atoms. The highest BCUT2D eigenvalue weighted by atomic mass is 15.2. The number of rotatable bonds is 1. The molecule has 2 aliphatic heterocycles. The van der Waals surface area contributed by atoms with E-state index < -0.39 is 0 Å². The predicted molar refractivity (Wildman–Crippen MR) is 65.0 cm³/mol. The van der Waals surface area contributed by atoms with Crippen molar-refractivity contribution in [3.63, 3.8) is 0 Å². The highest BCUT2D eigenvalue weighted by Gasteiger charge is 2.37. The number of likely N-dealkylation sites (tertiary alicyclic amines) is 1. The van der Waals surface area contributed by atoms with Crippen LogP contribution >= 0.6 is 0 Å². The first kappa shape index (κ1) is 11.4. The fraction of sp³-hybridized carbons (Fsp3) is 1.00. The zero-order valence-corrected chi connectivity index (χ0v) is 10.7. The summed E-state index contributed by atoms with van der Waals surface area (Å²) in [6.45, 7) is 14.6. The maximum atomic E-state index is 3.51. The Labute approximate surface area is 94.4 Å². The van der Waals surface area contributed by atoms with Crippen molar-refractivity contribution in [3.8, 4) is 0 Å². The molecule has 0 aromatic rings. The molecule has 2 fully saturated rings. The van der Waals surface area contributed by atoms with Crippen LogP contribution in [0.25, 0.3) is 0 Å². The average Bonchev–Trinajstić information content (AvgIpc) is 2.69. The van der Waals surface area contributed by atoms with Gasteiger partial charge in [-0.2, -0.15) is 0 Å². The van der Waals surface area contributed by atoms with Crippen LogP contribution in [0.2, 0.25) is 0 Å². The molecule has 2 heterocycles. The number of hydrogen-bond donors (Lipinski definition) is 1. The topological polar surface area (TPSA) is 15.3 Å². The molecule has 2 heteroatoms. The lowest BCUT2D eigenvalue weighted by molar-refractivity contribution is 0.181. The number of nitrogens with one attached hydrogen (secondary N) is 1. The lowest BCUT2D eigenvalue weighted by atomic mass is 9.80. The van der Waals surface area contributed by atoms with E-state index in [4.69, 9.17) is 0 Å². The van der Waals surface area contributed by atoms with Gasteiger partial charge in [0.25, 0.3) is 0 Å². The molecule has 0 amide bonds. The van der Waals surface area contributed by atoms with Gasteiger partial charge < -0.3 is 5.32 Å². The Bertz CT molecular complexity index is 219. The van der Waals surface area contributed by atoms with Gasteiger partial charge in [-0.25, -0.2) is 0 Å². The van der Waals surface area contributed by atoms with E-state index in [-0.39, 0.29) is 0 Å². The van der Waals surface area contributed by atoms with Crippen LogP contribution in [-0.4, -0.2) is 37.1 Å². The molecule has 0 radical (unpaired) electrons. The Hall–Kier alpha value is -0.0800. The van der Waals surface area contributed by atoms with Crippen molar-refractivity contribution in [1.29, 1.82) is 0 Å². The molecule has 0 aromatic heterocycles. The molecule has 0 saturated carbocycles. The normalized spacial score (nSPS) is 38.8. The van der Waals surface area contributed by atoms with E-state index in [0.29, 0.717) is 5.41 Å². The standard InChI is InChI=1S/C13H26N2/c1-10-7-14-8-12(10)15-6-5-11(9-15)13(2,3)4/h10-12,14H,5-9H2,1-4H3. The first-order valence-corrected chi connectivity index (χ1v) is 6.43. The summed E-state index contributed by atoms with van der Waals surface area (Å²) in [5.41, 5.74) is 0.490. The van der Waals surface area contributed by atoms with Crippen LogP contribution < -0.4 is 5.32 Å². The van der Waals surface area contributed by atoms with Gasteiger partial charge in [0.15, 0.2) is 0 Å². The fourth-order valence-corrected chi connectivity index (χ4v) is 3.08. The van der Waals surface area contributed by atoms with Gasteiger partial charge in [0.05, 0.1) is 0 Å². The third-order valence-electron chi connectivity index (χ3n) is 4.39. The number of nitrogens with zero attached hydrogens (tertiary/aromatic N) is 1. The summed E-state index contributed by atoms with van der Waals surface area (Å²) in [5.74, 6) is 1.73. The SMILES string of the molecule is CC1CNCC1N1CCC(C(C)(C)C)C1. The zero-order valence-electron chi connectivity index (χ0n) is 10.7. The molecule has 3 unspecified atom stereocenters. The molecule has 3 atom stereocenters. The first-order chi connectivity index (χ1) is 6.98. The van der Waals surface area contributed by atoms with Crippen LogP contribution in [0, 0.1) is 17.3 Å². The highest BCUT2D eigenvalue weighted by Crippen LogP contribution is 2.35. The quantitative estimate of drug-likeness (QED) is 0.712.